The molecule has 0 aromatic carbocycles. The van der Waals surface area contributed by atoms with Crippen LogP contribution in [0.3, 0.4) is 0 Å². The molecule has 0 aromatic rings. The van der Waals surface area contributed by atoms with E-state index >= 15 is 0 Å². The molecule has 0 heterocycles. The Morgan fingerprint density at radius 3 is 1.73 bits per heavy atom. The molecule has 0 N–H and O–H groups in total. The van der Waals surface area contributed by atoms with Crippen molar-refractivity contribution < 1.29 is 14.7 Å². The van der Waals surface area contributed by atoms with E-state index in [9.17, 15) is 30.3 Å². The Bertz CT molecular complexity index is 459. The summed E-state index contributed by atoms with van der Waals surface area (Å²) in [6.45, 7) is 0. The Balaban J connectivity index is 2.12. The van der Waals surface area contributed by atoms with E-state index in [1.165, 1.54) is 0 Å². The lowest BCUT2D eigenvalue weighted by molar-refractivity contribution is -0.764. The summed E-state index contributed by atoms with van der Waals surface area (Å²) in [5, 5.41) is 34.5. The van der Waals surface area contributed by atoms with E-state index in [-0.39, 0.29) is 35.7 Å². The van der Waals surface area contributed by atoms with Crippen molar-refractivity contribution in [2.45, 2.75) is 75.5 Å². The van der Waals surface area contributed by atoms with Crippen molar-refractivity contribution in [2.75, 3.05) is 0 Å². The van der Waals surface area contributed by atoms with Crippen LogP contribution in [0.1, 0.15) is 51.4 Å². The van der Waals surface area contributed by atoms with Crippen LogP contribution in [0.5, 0.6) is 0 Å². The van der Waals surface area contributed by atoms with Crippen LogP contribution in [0.15, 0.2) is 0 Å². The average molecular weight is 316 g/mol. The fraction of sp³-hybridized carbons (Fsp3) is 1.00. The van der Waals surface area contributed by atoms with Gasteiger partial charge in [0.15, 0.2) is 0 Å². The summed E-state index contributed by atoms with van der Waals surface area (Å²) in [4.78, 5) is 33.4. The molecule has 2 fully saturated rings. The van der Waals surface area contributed by atoms with Crippen LogP contribution in [0.25, 0.3) is 0 Å². The first-order chi connectivity index (χ1) is 10.4. The normalized spacial score (nSPS) is 32.2. The largest absolute Gasteiger partial charge is 0.704 e. The van der Waals surface area contributed by atoms with Crippen molar-refractivity contribution in [2.24, 2.45) is 0 Å². The van der Waals surface area contributed by atoms with Crippen molar-refractivity contribution in [3.63, 3.8) is 0 Å². The molecule has 2 saturated carbocycles. The predicted octanol–water partition coefficient (Wildman–Crippen LogP) is 1.66. The van der Waals surface area contributed by atoms with Gasteiger partial charge < -0.3 is 5.21 Å². The van der Waals surface area contributed by atoms with Gasteiger partial charge in [-0.1, -0.05) is 6.42 Å². The fourth-order valence-electron chi connectivity index (χ4n) is 3.48. The summed E-state index contributed by atoms with van der Waals surface area (Å²) < 4.78 is 0. The van der Waals surface area contributed by atoms with E-state index in [2.05, 4.69) is 0 Å². The first kappa shape index (κ1) is 16.5. The molecule has 2 aliphatic carbocycles. The van der Waals surface area contributed by atoms with E-state index < -0.39 is 34.0 Å². The highest BCUT2D eigenvalue weighted by Crippen LogP contribution is 2.28. The standard InChI is InChI=1S/C12H20N4O6/c17-13(9-5-1-3-7-11(9)15(19)20)14(18)10-6-2-4-8-12(10)16(21)22/h9-12H,1-8H2. The summed E-state index contributed by atoms with van der Waals surface area (Å²) in [7, 11) is 0. The van der Waals surface area contributed by atoms with Gasteiger partial charge in [-0.25, -0.2) is 0 Å². The molecule has 10 heteroatoms. The first-order valence-corrected chi connectivity index (χ1v) is 7.63. The third-order valence-corrected chi connectivity index (χ3v) is 4.69. The van der Waals surface area contributed by atoms with Crippen molar-refractivity contribution in [3.05, 3.63) is 30.3 Å². The monoisotopic (exact) mass is 316 g/mol. The highest BCUT2D eigenvalue weighted by Gasteiger charge is 2.49. The minimum absolute atomic E-state index is 0.0963. The number of hydrogen-bond acceptors (Lipinski definition) is 6. The van der Waals surface area contributed by atoms with E-state index in [4.69, 9.17) is 0 Å². The molecule has 0 radical (unpaired) electrons. The molecule has 0 saturated heterocycles. The second kappa shape index (κ2) is 6.95. The van der Waals surface area contributed by atoms with Crippen LogP contribution in [-0.2, 0) is 0 Å². The third-order valence-electron chi connectivity index (χ3n) is 4.69. The van der Waals surface area contributed by atoms with Crippen LogP contribution >= 0.6 is 0 Å². The molecule has 124 valence electrons. The third kappa shape index (κ3) is 3.32. The molecule has 0 aromatic heterocycles. The Labute approximate surface area is 126 Å². The highest BCUT2D eigenvalue weighted by atomic mass is 16.6. The lowest BCUT2D eigenvalue weighted by Crippen LogP contribution is -2.55. The van der Waals surface area contributed by atoms with Gasteiger partial charge in [-0.2, -0.15) is 5.17 Å². The maximum Gasteiger partial charge on any atom is 0.299 e. The molecule has 0 aliphatic heterocycles. The molecule has 4 atom stereocenters. The molecular weight excluding hydrogens is 296 g/mol. The topological polar surface area (TPSA) is 133 Å². The predicted molar refractivity (Wildman–Crippen MR) is 74.9 cm³/mol. The zero-order chi connectivity index (χ0) is 16.3. The Morgan fingerprint density at radius 1 is 0.727 bits per heavy atom. The van der Waals surface area contributed by atoms with Gasteiger partial charge in [0.25, 0.3) is 12.1 Å². The van der Waals surface area contributed by atoms with Crippen LogP contribution in [-0.4, -0.2) is 44.1 Å². The first-order valence-electron chi connectivity index (χ1n) is 7.63. The summed E-state index contributed by atoms with van der Waals surface area (Å²) in [6, 6.07) is -4.23. The molecule has 0 amide bonds. The zero-order valence-electron chi connectivity index (χ0n) is 12.2. The Kier molecular flexibility index (Phi) is 5.22. The number of nitrogens with zero attached hydrogens (tertiary/aromatic N) is 4. The Morgan fingerprint density at radius 2 is 1.18 bits per heavy atom. The number of hydroxylamine groups is 1. The van der Waals surface area contributed by atoms with E-state index in [0.29, 0.717) is 25.7 Å². The lowest BCUT2D eigenvalue weighted by Gasteiger charge is -2.35. The maximum atomic E-state index is 12.3. The van der Waals surface area contributed by atoms with E-state index in [0.717, 1.165) is 0 Å². The van der Waals surface area contributed by atoms with E-state index in [1.54, 1.807) is 0 Å². The van der Waals surface area contributed by atoms with Crippen LogP contribution in [0.2, 0.25) is 0 Å². The van der Waals surface area contributed by atoms with Crippen molar-refractivity contribution in [3.8, 4) is 0 Å². The SMILES string of the molecule is O=[N+]([O-])C1CCCCC1N([O-])[N+](=O)C1CCCCC1[N+](=O)[O-]. The number of hydrogen-bond donors (Lipinski definition) is 0. The molecule has 4 unspecified atom stereocenters. The minimum atomic E-state index is -1.08. The number of nitroso groups, excluding NO2 is 1. The summed E-state index contributed by atoms with van der Waals surface area (Å²) in [5.74, 6) is 0. The molecule has 22 heavy (non-hydrogen) atoms. The Hall–Kier alpha value is -1.84. The van der Waals surface area contributed by atoms with Gasteiger partial charge in [-0.15, -0.1) is 0 Å². The van der Waals surface area contributed by atoms with Gasteiger partial charge in [0, 0.05) is 29.1 Å². The van der Waals surface area contributed by atoms with Gasteiger partial charge >= 0.3 is 0 Å². The van der Waals surface area contributed by atoms with Gasteiger partial charge in [-0.3, -0.25) is 20.2 Å². The average Bonchev–Trinajstić information content (AvgIpc) is 2.53. The number of nitro groups is 2. The molecule has 2 aliphatic rings. The zero-order valence-corrected chi connectivity index (χ0v) is 12.2. The van der Waals surface area contributed by atoms with Crippen molar-refractivity contribution in [1.82, 2.24) is 5.17 Å². The highest BCUT2D eigenvalue weighted by molar-refractivity contribution is 4.82. The minimum Gasteiger partial charge on any atom is -0.704 e. The van der Waals surface area contributed by atoms with Crippen LogP contribution in [0.4, 0.5) is 0 Å². The number of hydrazine groups is 1. The smallest absolute Gasteiger partial charge is 0.299 e. The summed E-state index contributed by atoms with van der Waals surface area (Å²) >= 11 is 0. The lowest BCUT2D eigenvalue weighted by atomic mass is 9.90. The quantitative estimate of drug-likeness (QED) is 0.427. The van der Waals surface area contributed by atoms with Gasteiger partial charge in [0.1, 0.15) is 10.9 Å². The van der Waals surface area contributed by atoms with Crippen molar-refractivity contribution in [1.29, 1.82) is 0 Å². The van der Waals surface area contributed by atoms with Gasteiger partial charge in [-0.05, 0) is 25.7 Å². The molecule has 0 spiro atoms. The fourth-order valence-corrected chi connectivity index (χ4v) is 3.48. The van der Waals surface area contributed by atoms with E-state index in [1.807, 2.05) is 0 Å². The summed E-state index contributed by atoms with van der Waals surface area (Å²) in [5.41, 5.74) is 0. The second-order valence-corrected chi connectivity index (χ2v) is 6.01. The van der Waals surface area contributed by atoms with Gasteiger partial charge in [0.05, 0.1) is 4.91 Å². The maximum absolute atomic E-state index is 12.3. The summed E-state index contributed by atoms with van der Waals surface area (Å²) in [6.07, 6.45) is 3.63. The molecule has 10 nitrogen and oxygen atoms in total. The second-order valence-electron chi connectivity index (χ2n) is 6.01. The number of rotatable bonds is 5. The van der Waals surface area contributed by atoms with Crippen molar-refractivity contribution >= 4 is 0 Å². The molecule has 2 rings (SSSR count). The van der Waals surface area contributed by atoms with Gasteiger partial charge in [0.2, 0.25) is 6.04 Å². The van der Waals surface area contributed by atoms with Crippen LogP contribution in [0, 0.1) is 30.3 Å². The molecular formula is C12H20N4O6. The van der Waals surface area contributed by atoms with Crippen LogP contribution < -0.4 is 0 Å². The molecule has 0 bridgehead atoms.